The zero-order chi connectivity index (χ0) is 24.6. The van der Waals surface area contributed by atoms with E-state index >= 15 is 0 Å². The Morgan fingerprint density at radius 2 is 0.722 bits per heavy atom. The fraction of sp³-hybridized carbons (Fsp3) is 0.118. The molecule has 0 spiro atoms. The van der Waals surface area contributed by atoms with Crippen LogP contribution in [0.3, 0.4) is 0 Å². The molecule has 36 heavy (non-hydrogen) atoms. The van der Waals surface area contributed by atoms with E-state index in [1.807, 2.05) is 38.1 Å². The molecule has 0 atom stereocenters. The van der Waals surface area contributed by atoms with Crippen LogP contribution >= 0.6 is 0 Å². The van der Waals surface area contributed by atoms with Gasteiger partial charge >= 0.3 is 0 Å². The first-order valence-corrected chi connectivity index (χ1v) is 12.5. The summed E-state index contributed by atoms with van der Waals surface area (Å²) in [6.07, 6.45) is 0. The summed E-state index contributed by atoms with van der Waals surface area (Å²) < 4.78 is 0. The van der Waals surface area contributed by atoms with Gasteiger partial charge < -0.3 is 0 Å². The van der Waals surface area contributed by atoms with Gasteiger partial charge in [-0.25, -0.2) is 0 Å². The molecule has 0 amide bonds. The predicted octanol–water partition coefficient (Wildman–Crippen LogP) is 8.03. The summed E-state index contributed by atoms with van der Waals surface area (Å²) >= 11 is 0. The summed E-state index contributed by atoms with van der Waals surface area (Å²) in [7, 11) is 0. The lowest BCUT2D eigenvalue weighted by molar-refractivity contribution is 1.46. The van der Waals surface area contributed by atoms with E-state index in [-0.39, 0.29) is 10.9 Å². The molecule has 8 aromatic carbocycles. The van der Waals surface area contributed by atoms with Gasteiger partial charge in [-0.2, -0.15) is 0 Å². The lowest BCUT2D eigenvalue weighted by atomic mass is 9.82. The van der Waals surface area contributed by atoms with Crippen LogP contribution in [-0.2, 0) is 0 Å². The maximum Gasteiger partial charge on any atom is 0.194 e. The summed E-state index contributed by atoms with van der Waals surface area (Å²) in [6, 6.07) is 21.0. The summed E-state index contributed by atoms with van der Waals surface area (Å²) in [4.78, 5) is 27.7. The summed E-state index contributed by atoms with van der Waals surface area (Å²) in [5.74, 6) is 0. The van der Waals surface area contributed by atoms with Crippen molar-refractivity contribution in [3.8, 4) is 0 Å². The molecular weight excluding hydrogens is 440 g/mol. The molecule has 2 nitrogen and oxygen atoms in total. The number of hydrogen-bond donors (Lipinski definition) is 0. The van der Waals surface area contributed by atoms with E-state index in [9.17, 15) is 9.59 Å². The van der Waals surface area contributed by atoms with Crippen molar-refractivity contribution in [2.75, 3.05) is 0 Å². The Morgan fingerprint density at radius 1 is 0.361 bits per heavy atom. The van der Waals surface area contributed by atoms with Gasteiger partial charge in [-0.05, 0) is 117 Å². The van der Waals surface area contributed by atoms with Gasteiger partial charge in [0.25, 0.3) is 0 Å². The van der Waals surface area contributed by atoms with Gasteiger partial charge in [0, 0.05) is 32.3 Å². The third-order valence-electron chi connectivity index (χ3n) is 8.59. The zero-order valence-corrected chi connectivity index (χ0v) is 20.6. The van der Waals surface area contributed by atoms with E-state index in [4.69, 9.17) is 0 Å². The van der Waals surface area contributed by atoms with E-state index in [1.54, 1.807) is 0 Å². The Kier molecular flexibility index (Phi) is 3.48. The van der Waals surface area contributed by atoms with Crippen LogP contribution in [0.25, 0.3) is 75.4 Å². The number of rotatable bonds is 0. The molecule has 170 valence electrons. The first-order valence-electron chi connectivity index (χ1n) is 12.5. The Bertz CT molecular complexity index is 2210. The maximum absolute atomic E-state index is 13.8. The molecule has 0 aliphatic heterocycles. The van der Waals surface area contributed by atoms with Crippen LogP contribution < -0.4 is 10.9 Å². The minimum Gasteiger partial charge on any atom is -0.289 e. The quantitative estimate of drug-likeness (QED) is 0.169. The number of benzene rings is 8. The Morgan fingerprint density at radius 3 is 1.11 bits per heavy atom. The van der Waals surface area contributed by atoms with Crippen LogP contribution in [0.4, 0.5) is 0 Å². The maximum atomic E-state index is 13.8. The third-order valence-corrected chi connectivity index (χ3v) is 8.59. The average Bonchev–Trinajstić information content (AvgIpc) is 2.87. The highest BCUT2D eigenvalue weighted by molar-refractivity contribution is 6.41. The molecule has 0 heterocycles. The first-order chi connectivity index (χ1) is 17.4. The molecule has 0 N–H and O–H groups in total. The van der Waals surface area contributed by atoms with Crippen molar-refractivity contribution in [1.29, 1.82) is 0 Å². The molecule has 8 aromatic rings. The second-order valence-corrected chi connectivity index (χ2v) is 10.6. The van der Waals surface area contributed by atoms with E-state index in [0.717, 1.165) is 97.7 Å². The van der Waals surface area contributed by atoms with Crippen molar-refractivity contribution in [3.05, 3.63) is 103 Å². The molecular formula is C34H22O2. The highest BCUT2D eigenvalue weighted by atomic mass is 16.1. The summed E-state index contributed by atoms with van der Waals surface area (Å²) in [5.41, 5.74) is 4.44. The van der Waals surface area contributed by atoms with Gasteiger partial charge in [0.1, 0.15) is 0 Å². The summed E-state index contributed by atoms with van der Waals surface area (Å²) in [6.45, 7) is 8.23. The number of fused-ring (bicyclic) bond motifs is 4. The van der Waals surface area contributed by atoms with Crippen molar-refractivity contribution in [3.63, 3.8) is 0 Å². The number of hydrogen-bond acceptors (Lipinski definition) is 2. The van der Waals surface area contributed by atoms with Crippen molar-refractivity contribution in [1.82, 2.24) is 0 Å². The third kappa shape index (κ3) is 2.11. The highest BCUT2D eigenvalue weighted by Gasteiger charge is 2.23. The van der Waals surface area contributed by atoms with Crippen LogP contribution in [0, 0.1) is 27.7 Å². The van der Waals surface area contributed by atoms with Crippen molar-refractivity contribution in [2.45, 2.75) is 27.7 Å². The van der Waals surface area contributed by atoms with Crippen LogP contribution in [0.1, 0.15) is 22.3 Å². The normalized spacial score (nSPS) is 12.7. The second-order valence-electron chi connectivity index (χ2n) is 10.6. The first kappa shape index (κ1) is 19.9. The fourth-order valence-corrected chi connectivity index (χ4v) is 6.98. The van der Waals surface area contributed by atoms with Gasteiger partial charge in [-0.3, -0.25) is 9.59 Å². The minimum atomic E-state index is 0.0945. The van der Waals surface area contributed by atoms with Crippen molar-refractivity contribution < 1.29 is 0 Å². The molecule has 0 radical (unpaired) electrons. The Labute approximate surface area is 206 Å². The van der Waals surface area contributed by atoms with E-state index in [0.29, 0.717) is 0 Å². The van der Waals surface area contributed by atoms with Crippen LogP contribution in [0.5, 0.6) is 0 Å². The number of aryl methyl sites for hydroxylation is 4. The largest absolute Gasteiger partial charge is 0.289 e. The summed E-state index contributed by atoms with van der Waals surface area (Å²) in [5, 5.41) is 14.0. The van der Waals surface area contributed by atoms with E-state index < -0.39 is 0 Å². The standard InChI is InChI=1S/C34H22O2/c1-15-5-7-17(3)27-25(15)23-13-19-9-12-22-32-24(26-16(2)6-8-18(4)28(26)34(22)36)14-20-10-11-21(33(27)35)31(23)29(20)30(19)32/h5-14H,1-4H3. The van der Waals surface area contributed by atoms with Crippen LogP contribution in [0.2, 0.25) is 0 Å². The van der Waals surface area contributed by atoms with Crippen LogP contribution in [0.15, 0.2) is 70.3 Å². The topological polar surface area (TPSA) is 34.1 Å². The molecule has 0 saturated carbocycles. The van der Waals surface area contributed by atoms with Crippen molar-refractivity contribution >= 4 is 75.4 Å². The average molecular weight is 463 g/mol. The van der Waals surface area contributed by atoms with Crippen LogP contribution in [-0.4, -0.2) is 0 Å². The smallest absolute Gasteiger partial charge is 0.194 e. The molecule has 2 heteroatoms. The lowest BCUT2D eigenvalue weighted by Gasteiger charge is -2.20. The fourth-order valence-electron chi connectivity index (χ4n) is 6.98. The molecule has 0 aromatic heterocycles. The van der Waals surface area contributed by atoms with E-state index in [2.05, 4.69) is 50.2 Å². The van der Waals surface area contributed by atoms with Gasteiger partial charge in [0.05, 0.1) is 0 Å². The molecule has 0 saturated heterocycles. The monoisotopic (exact) mass is 462 g/mol. The molecule has 0 fully saturated rings. The Hall–Kier alpha value is -4.30. The van der Waals surface area contributed by atoms with Crippen molar-refractivity contribution in [2.24, 2.45) is 0 Å². The molecule has 0 unspecified atom stereocenters. The van der Waals surface area contributed by atoms with Gasteiger partial charge in [0.15, 0.2) is 10.9 Å². The second kappa shape index (κ2) is 6.27. The van der Waals surface area contributed by atoms with Gasteiger partial charge in [-0.15, -0.1) is 0 Å². The minimum absolute atomic E-state index is 0.0945. The lowest BCUT2D eigenvalue weighted by Crippen LogP contribution is -2.08. The molecule has 0 aliphatic rings. The highest BCUT2D eigenvalue weighted by Crippen LogP contribution is 2.46. The molecule has 0 bridgehead atoms. The van der Waals surface area contributed by atoms with E-state index in [1.165, 1.54) is 0 Å². The molecule has 8 rings (SSSR count). The van der Waals surface area contributed by atoms with Gasteiger partial charge in [0.2, 0.25) is 0 Å². The van der Waals surface area contributed by atoms with Gasteiger partial charge in [-0.1, -0.05) is 36.4 Å². The predicted molar refractivity (Wildman–Crippen MR) is 154 cm³/mol. The SMILES string of the molecule is Cc1ccc(C)c2c1c(=O)c1ccc3cc4c5c(C)ccc(C)c5c(=O)c5ccc6cc2c1c3c6c54. The molecule has 0 aliphatic carbocycles. The Balaban J connectivity index is 1.79. The zero-order valence-electron chi connectivity index (χ0n) is 20.6.